The Kier molecular flexibility index (Phi) is 8.59. The first kappa shape index (κ1) is 18.4. The van der Waals surface area contributed by atoms with Gasteiger partial charge in [0.05, 0.1) is 0 Å². The summed E-state index contributed by atoms with van der Waals surface area (Å²) in [7, 11) is 3.38. The monoisotopic (exact) mass is 299 g/mol. The van der Waals surface area contributed by atoms with Gasteiger partial charge < -0.3 is 16.0 Å². The molecule has 0 spiro atoms. The summed E-state index contributed by atoms with van der Waals surface area (Å²) in [5.41, 5.74) is 6.87. The van der Waals surface area contributed by atoms with Crippen molar-refractivity contribution in [1.29, 1.82) is 0 Å². The van der Waals surface area contributed by atoms with Crippen molar-refractivity contribution < 1.29 is 9.59 Å². The van der Waals surface area contributed by atoms with E-state index < -0.39 is 0 Å². The Hall–Kier alpha value is -1.59. The molecule has 3 N–H and O–H groups in total. The minimum Gasteiger partial charge on any atom is -0.356 e. The van der Waals surface area contributed by atoms with Crippen LogP contribution in [-0.4, -0.2) is 37.4 Å². The van der Waals surface area contributed by atoms with E-state index in [0.717, 1.165) is 5.56 Å². The number of amides is 2. The van der Waals surface area contributed by atoms with Gasteiger partial charge in [-0.3, -0.25) is 9.59 Å². The molecule has 1 rings (SSSR count). The molecule has 2 amide bonds. The zero-order valence-electron chi connectivity index (χ0n) is 11.8. The molecular weight excluding hydrogens is 278 g/mol. The second-order valence-corrected chi connectivity index (χ2v) is 4.61. The maximum absolute atomic E-state index is 11.7. The molecule has 0 saturated heterocycles. The predicted octanol–water partition coefficient (Wildman–Crippen LogP) is 1.09. The van der Waals surface area contributed by atoms with Gasteiger partial charge in [0.1, 0.15) is 0 Å². The minimum absolute atomic E-state index is 0. The lowest BCUT2D eigenvalue weighted by molar-refractivity contribution is -0.128. The summed E-state index contributed by atoms with van der Waals surface area (Å²) in [4.78, 5) is 24.5. The van der Waals surface area contributed by atoms with Gasteiger partial charge in [-0.2, -0.15) is 0 Å². The molecule has 0 aromatic heterocycles. The zero-order chi connectivity index (χ0) is 14.3. The molecule has 1 atom stereocenters. The average molecular weight is 300 g/mol. The molecular formula is C14H22ClN3O2. The Labute approximate surface area is 125 Å². The van der Waals surface area contributed by atoms with Crippen LogP contribution in [0.1, 0.15) is 24.4 Å². The van der Waals surface area contributed by atoms with Crippen LogP contribution in [0.5, 0.6) is 0 Å². The zero-order valence-corrected chi connectivity index (χ0v) is 12.7. The fourth-order valence-corrected chi connectivity index (χ4v) is 1.62. The number of benzene rings is 1. The van der Waals surface area contributed by atoms with E-state index in [4.69, 9.17) is 5.73 Å². The maximum Gasteiger partial charge on any atom is 0.223 e. The molecule has 0 aliphatic heterocycles. The number of hydrogen-bond donors (Lipinski definition) is 2. The van der Waals surface area contributed by atoms with Crippen LogP contribution in [0.15, 0.2) is 30.3 Å². The molecule has 0 fully saturated rings. The van der Waals surface area contributed by atoms with Gasteiger partial charge in [-0.25, -0.2) is 0 Å². The molecule has 20 heavy (non-hydrogen) atoms. The summed E-state index contributed by atoms with van der Waals surface area (Å²) in [5, 5.41) is 2.70. The highest BCUT2D eigenvalue weighted by atomic mass is 35.5. The van der Waals surface area contributed by atoms with Crippen molar-refractivity contribution in [3.8, 4) is 0 Å². The number of nitrogens with one attached hydrogen (secondary N) is 1. The Morgan fingerprint density at radius 3 is 2.40 bits per heavy atom. The molecule has 0 aliphatic rings. The normalized spacial score (nSPS) is 11.2. The standard InChI is InChI=1S/C14H21N3O2.ClH/c1-17(2)14(19)8-9-16-13(18)10-12(15)11-6-4-3-5-7-11;/h3-7,12H,8-10,15H2,1-2H3,(H,16,18);1H. The van der Waals surface area contributed by atoms with Gasteiger partial charge in [-0.05, 0) is 5.56 Å². The molecule has 0 heterocycles. The van der Waals surface area contributed by atoms with Crippen molar-refractivity contribution in [3.63, 3.8) is 0 Å². The number of carbonyl (C=O) groups is 2. The summed E-state index contributed by atoms with van der Waals surface area (Å²) in [6.07, 6.45) is 0.527. The maximum atomic E-state index is 11.7. The molecule has 0 saturated carbocycles. The molecule has 0 radical (unpaired) electrons. The highest BCUT2D eigenvalue weighted by molar-refractivity contribution is 5.85. The van der Waals surface area contributed by atoms with E-state index in [0.29, 0.717) is 13.0 Å². The van der Waals surface area contributed by atoms with Gasteiger partial charge in [0.25, 0.3) is 0 Å². The topological polar surface area (TPSA) is 75.4 Å². The quantitative estimate of drug-likeness (QED) is 0.826. The first-order valence-corrected chi connectivity index (χ1v) is 6.28. The van der Waals surface area contributed by atoms with Gasteiger partial charge >= 0.3 is 0 Å². The van der Waals surface area contributed by atoms with E-state index in [9.17, 15) is 9.59 Å². The van der Waals surface area contributed by atoms with Gasteiger partial charge in [-0.1, -0.05) is 30.3 Å². The van der Waals surface area contributed by atoms with E-state index in [1.807, 2.05) is 30.3 Å². The molecule has 112 valence electrons. The van der Waals surface area contributed by atoms with Crippen LogP contribution in [-0.2, 0) is 9.59 Å². The van der Waals surface area contributed by atoms with E-state index in [1.54, 1.807) is 14.1 Å². The lowest BCUT2D eigenvalue weighted by Gasteiger charge is -2.13. The fourth-order valence-electron chi connectivity index (χ4n) is 1.62. The van der Waals surface area contributed by atoms with Crippen molar-refractivity contribution >= 4 is 24.2 Å². The summed E-state index contributed by atoms with van der Waals surface area (Å²) in [5.74, 6) is -0.143. The highest BCUT2D eigenvalue weighted by Gasteiger charge is 2.11. The summed E-state index contributed by atoms with van der Waals surface area (Å²) < 4.78 is 0. The van der Waals surface area contributed by atoms with Crippen molar-refractivity contribution in [3.05, 3.63) is 35.9 Å². The van der Waals surface area contributed by atoms with Gasteiger partial charge in [0, 0.05) is 39.5 Å². The van der Waals surface area contributed by atoms with Crippen molar-refractivity contribution in [2.24, 2.45) is 5.73 Å². The third kappa shape index (κ3) is 6.54. The highest BCUT2D eigenvalue weighted by Crippen LogP contribution is 2.12. The fraction of sp³-hybridized carbons (Fsp3) is 0.429. The Balaban J connectivity index is 0.00000361. The molecule has 0 bridgehead atoms. The number of carbonyl (C=O) groups excluding carboxylic acids is 2. The van der Waals surface area contributed by atoms with Crippen LogP contribution < -0.4 is 11.1 Å². The molecule has 6 heteroatoms. The van der Waals surface area contributed by atoms with Crippen LogP contribution >= 0.6 is 12.4 Å². The third-order valence-corrected chi connectivity index (χ3v) is 2.79. The number of nitrogens with two attached hydrogens (primary N) is 1. The van der Waals surface area contributed by atoms with E-state index in [2.05, 4.69) is 5.32 Å². The average Bonchev–Trinajstić information content (AvgIpc) is 2.39. The van der Waals surface area contributed by atoms with Gasteiger partial charge in [-0.15, -0.1) is 12.4 Å². The van der Waals surface area contributed by atoms with Crippen LogP contribution in [0.3, 0.4) is 0 Å². The molecule has 1 unspecified atom stereocenters. The Morgan fingerprint density at radius 1 is 1.25 bits per heavy atom. The number of halogens is 1. The van der Waals surface area contributed by atoms with Crippen LogP contribution in [0.25, 0.3) is 0 Å². The first-order valence-electron chi connectivity index (χ1n) is 6.28. The molecule has 1 aromatic carbocycles. The smallest absolute Gasteiger partial charge is 0.223 e. The molecule has 0 aliphatic carbocycles. The lowest BCUT2D eigenvalue weighted by Crippen LogP contribution is -2.31. The van der Waals surface area contributed by atoms with Crippen LogP contribution in [0.2, 0.25) is 0 Å². The van der Waals surface area contributed by atoms with Crippen LogP contribution in [0.4, 0.5) is 0 Å². The van der Waals surface area contributed by atoms with E-state index in [-0.39, 0.29) is 36.7 Å². The van der Waals surface area contributed by atoms with E-state index in [1.165, 1.54) is 4.90 Å². The summed E-state index contributed by atoms with van der Waals surface area (Å²) in [6, 6.07) is 9.17. The Morgan fingerprint density at radius 2 is 1.85 bits per heavy atom. The van der Waals surface area contributed by atoms with E-state index >= 15 is 0 Å². The minimum atomic E-state index is -0.314. The lowest BCUT2D eigenvalue weighted by atomic mass is 10.0. The summed E-state index contributed by atoms with van der Waals surface area (Å²) in [6.45, 7) is 0.345. The van der Waals surface area contributed by atoms with Crippen molar-refractivity contribution in [1.82, 2.24) is 10.2 Å². The second-order valence-electron chi connectivity index (χ2n) is 4.61. The predicted molar refractivity (Wildman–Crippen MR) is 81.6 cm³/mol. The van der Waals surface area contributed by atoms with Crippen molar-refractivity contribution in [2.45, 2.75) is 18.9 Å². The van der Waals surface area contributed by atoms with Gasteiger partial charge in [0.15, 0.2) is 0 Å². The summed E-state index contributed by atoms with van der Waals surface area (Å²) >= 11 is 0. The van der Waals surface area contributed by atoms with Crippen LogP contribution in [0, 0.1) is 0 Å². The second kappa shape index (κ2) is 9.34. The SMILES string of the molecule is CN(C)C(=O)CCNC(=O)CC(N)c1ccccc1.Cl. The Bertz CT molecular complexity index is 424. The van der Waals surface area contributed by atoms with Crippen molar-refractivity contribution in [2.75, 3.05) is 20.6 Å². The number of hydrogen-bond acceptors (Lipinski definition) is 3. The number of rotatable bonds is 6. The number of nitrogens with zero attached hydrogens (tertiary/aromatic N) is 1. The third-order valence-electron chi connectivity index (χ3n) is 2.79. The first-order chi connectivity index (χ1) is 9.00. The largest absolute Gasteiger partial charge is 0.356 e. The molecule has 5 nitrogen and oxygen atoms in total. The van der Waals surface area contributed by atoms with Gasteiger partial charge in [0.2, 0.25) is 11.8 Å². The molecule has 1 aromatic rings.